The third kappa shape index (κ3) is 4.53. The van der Waals surface area contributed by atoms with Crippen LogP contribution in [0.25, 0.3) is 0 Å². The van der Waals surface area contributed by atoms with E-state index in [2.05, 4.69) is 10.4 Å². The Balaban J connectivity index is 1.89. The number of esters is 1. The molecule has 0 saturated heterocycles. The minimum absolute atomic E-state index is 0.330. The number of nitrogens with zero attached hydrogens (tertiary/aromatic N) is 2. The van der Waals surface area contributed by atoms with Crippen molar-refractivity contribution in [2.45, 2.75) is 26.9 Å². The number of hydrogen-bond donors (Lipinski definition) is 1. The molecule has 0 unspecified atom stereocenters. The van der Waals surface area contributed by atoms with Crippen molar-refractivity contribution in [1.82, 2.24) is 9.78 Å². The van der Waals surface area contributed by atoms with Gasteiger partial charge in [-0.3, -0.25) is 9.48 Å². The maximum absolute atomic E-state index is 12.3. The number of rotatable bonds is 7. The van der Waals surface area contributed by atoms with Gasteiger partial charge in [0.2, 0.25) is 0 Å². The maximum Gasteiger partial charge on any atom is 0.344 e. The van der Waals surface area contributed by atoms with Crippen LogP contribution in [-0.4, -0.2) is 41.5 Å². The zero-order valence-corrected chi connectivity index (χ0v) is 15.5. The number of hydrogen-bond acceptors (Lipinski definition) is 6. The summed E-state index contributed by atoms with van der Waals surface area (Å²) < 4.78 is 17.3. The van der Waals surface area contributed by atoms with Gasteiger partial charge in [0.15, 0.2) is 24.2 Å². The van der Waals surface area contributed by atoms with Crippen molar-refractivity contribution in [1.29, 1.82) is 0 Å². The Morgan fingerprint density at radius 1 is 1.23 bits per heavy atom. The van der Waals surface area contributed by atoms with Crippen molar-refractivity contribution in [3.05, 3.63) is 35.7 Å². The average molecular weight is 361 g/mol. The first-order valence-electron chi connectivity index (χ1n) is 8.09. The van der Waals surface area contributed by atoms with Gasteiger partial charge in [-0.15, -0.1) is 0 Å². The van der Waals surface area contributed by atoms with Gasteiger partial charge >= 0.3 is 5.97 Å². The van der Waals surface area contributed by atoms with Gasteiger partial charge in [0.05, 0.1) is 24.2 Å². The number of anilines is 1. The number of benzene rings is 1. The molecule has 0 radical (unpaired) electrons. The van der Waals surface area contributed by atoms with E-state index in [1.165, 1.54) is 14.0 Å². The van der Waals surface area contributed by atoms with Crippen LogP contribution in [0.4, 0.5) is 5.69 Å². The monoisotopic (exact) mass is 361 g/mol. The van der Waals surface area contributed by atoms with E-state index in [0.717, 1.165) is 5.69 Å². The molecule has 0 spiro atoms. The zero-order valence-electron chi connectivity index (χ0n) is 15.5. The third-order valence-electron chi connectivity index (χ3n) is 3.85. The maximum atomic E-state index is 12.3. The van der Waals surface area contributed by atoms with Crippen molar-refractivity contribution < 1.29 is 23.8 Å². The molecule has 0 fully saturated rings. The minimum Gasteiger partial charge on any atom is -0.493 e. The highest BCUT2D eigenvalue weighted by Crippen LogP contribution is 2.25. The van der Waals surface area contributed by atoms with Crippen LogP contribution < -0.4 is 14.8 Å². The lowest BCUT2D eigenvalue weighted by Gasteiger charge is -2.14. The Morgan fingerprint density at radius 2 is 1.88 bits per heavy atom. The summed E-state index contributed by atoms with van der Waals surface area (Å²) in [5, 5.41) is 6.96. The van der Waals surface area contributed by atoms with E-state index < -0.39 is 18.0 Å². The molecule has 2 aromatic rings. The predicted octanol–water partition coefficient (Wildman–Crippen LogP) is 1.99. The van der Waals surface area contributed by atoms with Gasteiger partial charge in [0.25, 0.3) is 5.91 Å². The summed E-state index contributed by atoms with van der Waals surface area (Å²) in [4.78, 5) is 24.2. The number of para-hydroxylation sites is 2. The summed E-state index contributed by atoms with van der Waals surface area (Å²) in [7, 11) is 3.30. The molecule has 1 atom stereocenters. The molecule has 0 aliphatic heterocycles. The van der Waals surface area contributed by atoms with Crippen LogP contribution in [0.5, 0.6) is 11.5 Å². The number of aryl methyl sites for hydroxylation is 2. The fourth-order valence-electron chi connectivity index (χ4n) is 2.34. The topological polar surface area (TPSA) is 91.7 Å². The number of methoxy groups -OCH3 is 1. The molecule has 1 amide bonds. The first-order valence-corrected chi connectivity index (χ1v) is 8.09. The summed E-state index contributed by atoms with van der Waals surface area (Å²) in [6.45, 7) is 4.80. The first kappa shape index (κ1) is 19.3. The van der Waals surface area contributed by atoms with Crippen molar-refractivity contribution >= 4 is 17.6 Å². The van der Waals surface area contributed by atoms with E-state index in [1.54, 1.807) is 42.9 Å². The van der Waals surface area contributed by atoms with Crippen LogP contribution in [0.15, 0.2) is 24.3 Å². The van der Waals surface area contributed by atoms with Crippen LogP contribution in [0.2, 0.25) is 0 Å². The zero-order chi connectivity index (χ0) is 19.3. The molecule has 1 aromatic heterocycles. The largest absolute Gasteiger partial charge is 0.493 e. The van der Waals surface area contributed by atoms with Crippen LogP contribution >= 0.6 is 0 Å². The highest BCUT2D eigenvalue weighted by Gasteiger charge is 2.21. The number of nitrogens with one attached hydrogen (secondary N) is 1. The average Bonchev–Trinajstić information content (AvgIpc) is 2.86. The molecule has 8 heteroatoms. The number of carbonyl (C=O) groups is 2. The number of aromatic nitrogens is 2. The van der Waals surface area contributed by atoms with E-state index in [0.29, 0.717) is 22.9 Å². The Kier molecular flexibility index (Phi) is 6.21. The molecule has 0 saturated carbocycles. The van der Waals surface area contributed by atoms with E-state index >= 15 is 0 Å². The van der Waals surface area contributed by atoms with Gasteiger partial charge in [0, 0.05) is 7.05 Å². The van der Waals surface area contributed by atoms with Gasteiger partial charge < -0.3 is 19.5 Å². The first-order chi connectivity index (χ1) is 12.3. The number of carbonyl (C=O) groups excluding carboxylic acids is 2. The smallest absolute Gasteiger partial charge is 0.344 e. The second kappa shape index (κ2) is 8.37. The van der Waals surface area contributed by atoms with Crippen molar-refractivity contribution in [2.75, 3.05) is 19.0 Å². The van der Waals surface area contributed by atoms with Gasteiger partial charge in [-0.25, -0.2) is 4.79 Å². The Hall–Kier alpha value is -3.03. The highest BCUT2D eigenvalue weighted by atomic mass is 16.6. The Bertz CT molecular complexity index is 800. The fourth-order valence-corrected chi connectivity index (χ4v) is 2.34. The van der Waals surface area contributed by atoms with E-state index in [9.17, 15) is 9.59 Å². The molecule has 26 heavy (non-hydrogen) atoms. The van der Waals surface area contributed by atoms with Gasteiger partial charge in [-0.1, -0.05) is 12.1 Å². The van der Waals surface area contributed by atoms with E-state index in [4.69, 9.17) is 14.2 Å². The highest BCUT2D eigenvalue weighted by molar-refractivity contribution is 5.96. The lowest BCUT2D eigenvalue weighted by atomic mass is 10.3. The number of amides is 1. The second-order valence-corrected chi connectivity index (χ2v) is 5.73. The normalized spacial score (nSPS) is 11.6. The lowest BCUT2D eigenvalue weighted by Crippen LogP contribution is -2.32. The van der Waals surface area contributed by atoms with Crippen molar-refractivity contribution in [2.24, 2.45) is 7.05 Å². The summed E-state index contributed by atoms with van der Waals surface area (Å²) in [6, 6.07) is 6.95. The predicted molar refractivity (Wildman–Crippen MR) is 95.4 cm³/mol. The Morgan fingerprint density at radius 3 is 2.46 bits per heavy atom. The third-order valence-corrected chi connectivity index (χ3v) is 3.85. The SMILES string of the molecule is COc1ccccc1OCC(=O)O[C@H](C)C(=O)Nc1c(C)nn(C)c1C. The van der Waals surface area contributed by atoms with Gasteiger partial charge in [-0.2, -0.15) is 5.10 Å². The molecule has 0 aliphatic rings. The van der Waals surface area contributed by atoms with Crippen molar-refractivity contribution in [3.8, 4) is 11.5 Å². The number of ether oxygens (including phenoxy) is 3. The van der Waals surface area contributed by atoms with Gasteiger partial charge in [-0.05, 0) is 32.9 Å². The van der Waals surface area contributed by atoms with Crippen LogP contribution in [0, 0.1) is 13.8 Å². The quantitative estimate of drug-likeness (QED) is 0.759. The summed E-state index contributed by atoms with van der Waals surface area (Å²) >= 11 is 0. The summed E-state index contributed by atoms with van der Waals surface area (Å²) in [5.74, 6) is -0.160. The van der Waals surface area contributed by atoms with E-state index in [-0.39, 0.29) is 6.61 Å². The van der Waals surface area contributed by atoms with Crippen LogP contribution in [-0.2, 0) is 21.4 Å². The molecule has 0 bridgehead atoms. The van der Waals surface area contributed by atoms with Crippen LogP contribution in [0.3, 0.4) is 0 Å². The molecule has 8 nitrogen and oxygen atoms in total. The molecular weight excluding hydrogens is 338 g/mol. The molecule has 1 heterocycles. The second-order valence-electron chi connectivity index (χ2n) is 5.73. The van der Waals surface area contributed by atoms with E-state index in [1.807, 2.05) is 6.92 Å². The van der Waals surface area contributed by atoms with Gasteiger partial charge in [0.1, 0.15) is 0 Å². The lowest BCUT2D eigenvalue weighted by molar-refractivity contribution is -0.155. The molecule has 0 aliphatic carbocycles. The molecule has 1 N–H and O–H groups in total. The standard InChI is InChI=1S/C18H23N3O5/c1-11-17(12(2)21(4)20-11)19-18(23)13(3)26-16(22)10-25-15-9-7-6-8-14(15)24-5/h6-9,13H,10H2,1-5H3,(H,19,23)/t13-/m1/s1. The molecule has 1 aromatic carbocycles. The summed E-state index contributed by atoms with van der Waals surface area (Å²) in [5.41, 5.74) is 2.12. The molecule has 140 valence electrons. The summed E-state index contributed by atoms with van der Waals surface area (Å²) in [6.07, 6.45) is -0.970. The Labute approximate surface area is 152 Å². The molecule has 2 rings (SSSR count). The van der Waals surface area contributed by atoms with Crippen LogP contribution in [0.1, 0.15) is 18.3 Å². The van der Waals surface area contributed by atoms with Crippen molar-refractivity contribution in [3.63, 3.8) is 0 Å². The molecular formula is C18H23N3O5. The fraction of sp³-hybridized carbons (Fsp3) is 0.389. The minimum atomic E-state index is -0.970.